The molecule has 2 nitrogen and oxygen atoms in total. The van der Waals surface area contributed by atoms with Crippen molar-refractivity contribution in [3.63, 3.8) is 0 Å². The number of rotatable bonds is 0. The van der Waals surface area contributed by atoms with Crippen LogP contribution in [-0.2, 0) is 0 Å². The quantitative estimate of drug-likeness (QED) is 0.453. The molecular weight excluding hydrogens is 176 g/mol. The third-order valence-corrected chi connectivity index (χ3v) is 1.30. The molecular formula is C6H2F4N2. The van der Waals surface area contributed by atoms with E-state index in [2.05, 4.69) is 0 Å². The van der Waals surface area contributed by atoms with E-state index in [1.807, 2.05) is 0 Å². The van der Waals surface area contributed by atoms with Gasteiger partial charge in [-0.2, -0.15) is 9.65 Å². The van der Waals surface area contributed by atoms with Crippen molar-refractivity contribution in [2.45, 2.75) is 5.67 Å². The van der Waals surface area contributed by atoms with E-state index in [9.17, 15) is 17.6 Å². The summed E-state index contributed by atoms with van der Waals surface area (Å²) >= 11 is 0. The Bertz CT molecular complexity index is 314. The molecule has 0 amide bonds. The summed E-state index contributed by atoms with van der Waals surface area (Å²) in [6.45, 7) is 0. The first-order valence-electron chi connectivity index (χ1n) is 2.81. The molecule has 0 spiro atoms. The molecule has 1 aliphatic heterocycles. The van der Waals surface area contributed by atoms with Crippen molar-refractivity contribution in [3.05, 3.63) is 23.8 Å². The zero-order valence-electron chi connectivity index (χ0n) is 5.54. The Kier molecular flexibility index (Phi) is 1.80. The Hall–Kier alpha value is -1.51. The summed E-state index contributed by atoms with van der Waals surface area (Å²) < 4.78 is 49.9. The summed E-state index contributed by atoms with van der Waals surface area (Å²) in [6, 6.07) is 0.687. The summed E-state index contributed by atoms with van der Waals surface area (Å²) in [5.74, 6) is -5.49. The molecule has 0 aromatic rings. The van der Waals surface area contributed by atoms with E-state index in [-0.39, 0.29) is 6.20 Å². The molecule has 0 fully saturated rings. The van der Waals surface area contributed by atoms with Crippen molar-refractivity contribution < 1.29 is 17.6 Å². The van der Waals surface area contributed by atoms with Gasteiger partial charge < -0.3 is 5.32 Å². The minimum Gasteiger partial charge on any atom is -0.333 e. The summed E-state index contributed by atoms with van der Waals surface area (Å²) in [5.41, 5.74) is -3.62. The van der Waals surface area contributed by atoms with Crippen molar-refractivity contribution in [2.24, 2.45) is 0 Å². The molecule has 1 aliphatic rings. The highest BCUT2D eigenvalue weighted by molar-refractivity contribution is 5.38. The lowest BCUT2D eigenvalue weighted by atomic mass is 10.0. The van der Waals surface area contributed by atoms with Gasteiger partial charge in [0, 0.05) is 6.20 Å². The summed E-state index contributed by atoms with van der Waals surface area (Å²) in [7, 11) is 0. The molecule has 64 valence electrons. The first-order chi connectivity index (χ1) is 5.52. The number of nitriles is 1. The number of hydrogen-bond acceptors (Lipinski definition) is 2. The van der Waals surface area contributed by atoms with Crippen LogP contribution in [-0.4, -0.2) is 5.67 Å². The largest absolute Gasteiger partial charge is 0.333 e. The van der Waals surface area contributed by atoms with Crippen LogP contribution in [0.25, 0.3) is 0 Å². The van der Waals surface area contributed by atoms with E-state index < -0.39 is 23.3 Å². The maximum absolute atomic E-state index is 12.8. The number of dihydropyridines is 1. The molecule has 12 heavy (non-hydrogen) atoms. The monoisotopic (exact) mass is 178 g/mol. The minimum absolute atomic E-state index is 0.252. The van der Waals surface area contributed by atoms with Crippen molar-refractivity contribution >= 4 is 0 Å². The molecule has 0 aromatic carbocycles. The molecule has 6 heteroatoms. The van der Waals surface area contributed by atoms with Crippen LogP contribution in [0.4, 0.5) is 17.6 Å². The molecule has 0 bridgehead atoms. The fourth-order valence-corrected chi connectivity index (χ4v) is 0.648. The molecule has 1 rings (SSSR count). The summed E-state index contributed by atoms with van der Waals surface area (Å²) in [4.78, 5) is 0. The van der Waals surface area contributed by atoms with Gasteiger partial charge in [-0.15, -0.1) is 0 Å². The highest BCUT2D eigenvalue weighted by Gasteiger charge is 2.46. The molecule has 0 aromatic heterocycles. The average molecular weight is 178 g/mol. The van der Waals surface area contributed by atoms with Crippen molar-refractivity contribution in [1.29, 1.82) is 5.26 Å². The second-order valence-electron chi connectivity index (χ2n) is 2.03. The molecule has 1 atom stereocenters. The van der Waals surface area contributed by atoms with Gasteiger partial charge in [0.15, 0.2) is 5.83 Å². The first-order valence-corrected chi connectivity index (χ1v) is 2.81. The van der Waals surface area contributed by atoms with Crippen LogP contribution in [0, 0.1) is 11.3 Å². The van der Waals surface area contributed by atoms with Crippen LogP contribution >= 0.6 is 0 Å². The second kappa shape index (κ2) is 2.52. The number of alkyl halides is 1. The van der Waals surface area contributed by atoms with E-state index in [0.717, 1.165) is 0 Å². The molecule has 0 aliphatic carbocycles. The number of hydrogen-bond donors (Lipinski definition) is 1. The van der Waals surface area contributed by atoms with Crippen LogP contribution in [0.15, 0.2) is 23.8 Å². The van der Waals surface area contributed by atoms with E-state index >= 15 is 0 Å². The van der Waals surface area contributed by atoms with Crippen molar-refractivity contribution in [2.75, 3.05) is 0 Å². The molecule has 0 saturated heterocycles. The Morgan fingerprint density at radius 3 is 2.42 bits per heavy atom. The predicted molar refractivity (Wildman–Crippen MR) is 31.0 cm³/mol. The number of nitrogens with one attached hydrogen (secondary N) is 1. The minimum atomic E-state index is -3.62. The van der Waals surface area contributed by atoms with Gasteiger partial charge in [-0.25, -0.2) is 13.2 Å². The van der Waals surface area contributed by atoms with Crippen LogP contribution < -0.4 is 5.32 Å². The molecule has 1 N–H and O–H groups in total. The fourth-order valence-electron chi connectivity index (χ4n) is 0.648. The smallest absolute Gasteiger partial charge is 0.303 e. The third kappa shape index (κ3) is 0.942. The van der Waals surface area contributed by atoms with Gasteiger partial charge in [0.05, 0.1) is 0 Å². The lowest BCUT2D eigenvalue weighted by Gasteiger charge is -2.17. The van der Waals surface area contributed by atoms with Gasteiger partial charge in [-0.05, 0) is 0 Å². The summed E-state index contributed by atoms with van der Waals surface area (Å²) in [5, 5.41) is 9.52. The van der Waals surface area contributed by atoms with Crippen LogP contribution in [0.3, 0.4) is 0 Å². The third-order valence-electron chi connectivity index (χ3n) is 1.30. The maximum atomic E-state index is 12.8. The Morgan fingerprint density at radius 2 is 2.00 bits per heavy atom. The number of halogens is 4. The van der Waals surface area contributed by atoms with Gasteiger partial charge in [0.1, 0.15) is 6.07 Å². The van der Waals surface area contributed by atoms with E-state index in [1.165, 1.54) is 5.32 Å². The van der Waals surface area contributed by atoms with E-state index in [1.54, 1.807) is 0 Å². The van der Waals surface area contributed by atoms with Crippen molar-refractivity contribution in [3.8, 4) is 6.07 Å². The summed E-state index contributed by atoms with van der Waals surface area (Å²) in [6.07, 6.45) is 0.252. The number of allylic oxidation sites excluding steroid dienone is 2. The molecule has 0 radical (unpaired) electrons. The lowest BCUT2D eigenvalue weighted by molar-refractivity contribution is 0.224. The molecule has 1 unspecified atom stereocenters. The first kappa shape index (κ1) is 8.59. The maximum Gasteiger partial charge on any atom is 0.303 e. The average Bonchev–Trinajstić information content (AvgIpc) is 2.08. The molecule has 1 heterocycles. The second-order valence-corrected chi connectivity index (χ2v) is 2.03. The normalized spacial score (nSPS) is 29.1. The van der Waals surface area contributed by atoms with E-state index in [4.69, 9.17) is 5.26 Å². The van der Waals surface area contributed by atoms with E-state index in [0.29, 0.717) is 6.07 Å². The topological polar surface area (TPSA) is 35.8 Å². The molecule has 0 saturated carbocycles. The van der Waals surface area contributed by atoms with Gasteiger partial charge in [-0.3, -0.25) is 0 Å². The SMILES string of the molecule is N#CC1(F)C(F)=CNC(F)=C1F. The van der Waals surface area contributed by atoms with Gasteiger partial charge in [0.2, 0.25) is 11.8 Å². The Balaban J connectivity index is 3.21. The zero-order valence-corrected chi connectivity index (χ0v) is 5.54. The van der Waals surface area contributed by atoms with Crippen molar-refractivity contribution in [1.82, 2.24) is 5.32 Å². The highest BCUT2D eigenvalue weighted by Crippen LogP contribution is 2.35. The van der Waals surface area contributed by atoms with Gasteiger partial charge in [0.25, 0.3) is 0 Å². The van der Waals surface area contributed by atoms with Crippen LogP contribution in [0.5, 0.6) is 0 Å². The number of nitrogens with zero attached hydrogens (tertiary/aromatic N) is 1. The van der Waals surface area contributed by atoms with Crippen LogP contribution in [0.2, 0.25) is 0 Å². The zero-order chi connectivity index (χ0) is 9.35. The standard InChI is InChI=1S/C6H2F4N2/c7-3-1-12-5(9)4(8)6(3,10)2-11/h1,12H. The van der Waals surface area contributed by atoms with Crippen LogP contribution in [0.1, 0.15) is 0 Å². The lowest BCUT2D eigenvalue weighted by Crippen LogP contribution is -2.30. The fraction of sp³-hybridized carbons (Fsp3) is 0.167. The predicted octanol–water partition coefficient (Wildman–Crippen LogP) is 1.74. The van der Waals surface area contributed by atoms with Gasteiger partial charge >= 0.3 is 5.67 Å². The van der Waals surface area contributed by atoms with Gasteiger partial charge in [-0.1, -0.05) is 0 Å². The Labute approximate surface area is 64.8 Å². The highest BCUT2D eigenvalue weighted by atomic mass is 19.2. The Morgan fingerprint density at radius 1 is 1.42 bits per heavy atom.